The topological polar surface area (TPSA) is 108 Å². The van der Waals surface area contributed by atoms with E-state index in [2.05, 4.69) is 31.3 Å². The molecule has 0 aliphatic rings. The van der Waals surface area contributed by atoms with Crippen molar-refractivity contribution in [2.45, 2.75) is 174 Å². The first-order valence-electron chi connectivity index (χ1n) is 19.2. The number of nitrogens with zero attached hydrogens (tertiary/aromatic N) is 1. The molecule has 0 saturated carbocycles. The Morgan fingerprint density at radius 3 is 1.72 bits per heavy atom. The molecule has 278 valence electrons. The monoisotopic (exact) mass is 687 g/mol. The fraction of sp³-hybridized carbons (Fsp3) is 0.868. The van der Waals surface area contributed by atoms with Crippen LogP contribution in [0.1, 0.15) is 162 Å². The molecule has 0 rings (SSSR count). The van der Waals surface area contributed by atoms with Crippen molar-refractivity contribution in [3.8, 4) is 0 Å². The molecule has 0 aliphatic heterocycles. The zero-order chi connectivity index (χ0) is 35.1. The van der Waals surface area contributed by atoms with Gasteiger partial charge in [0.15, 0.2) is 0 Å². The Bertz CT molecular complexity index is 829. The summed E-state index contributed by atoms with van der Waals surface area (Å²) in [7, 11) is 1.24. The molecule has 0 aromatic rings. The van der Waals surface area contributed by atoms with Gasteiger partial charge in [-0.3, -0.25) is 9.36 Å². The smallest absolute Gasteiger partial charge is 0.268 e. The minimum atomic E-state index is -4.57. The highest BCUT2D eigenvalue weighted by Gasteiger charge is 2.23. The average molecular weight is 687 g/mol. The molecule has 0 fully saturated rings. The van der Waals surface area contributed by atoms with Crippen LogP contribution in [0.15, 0.2) is 24.3 Å². The van der Waals surface area contributed by atoms with Crippen LogP contribution in [0.3, 0.4) is 0 Å². The summed E-state index contributed by atoms with van der Waals surface area (Å²) in [5.74, 6) is -0.233. The maximum Gasteiger partial charge on any atom is 0.268 e. The number of quaternary nitrogens is 1. The third-order valence-corrected chi connectivity index (χ3v) is 9.38. The van der Waals surface area contributed by atoms with Gasteiger partial charge in [-0.2, -0.15) is 0 Å². The molecular weight excluding hydrogens is 611 g/mol. The lowest BCUT2D eigenvalue weighted by Gasteiger charge is -2.29. The van der Waals surface area contributed by atoms with E-state index in [-0.39, 0.29) is 12.5 Å². The number of nitrogens with one attached hydrogen (secondary N) is 1. The maximum absolute atomic E-state index is 12.4. The lowest BCUT2D eigenvalue weighted by molar-refractivity contribution is -0.870. The molecule has 3 unspecified atom stereocenters. The summed E-state index contributed by atoms with van der Waals surface area (Å²) in [5, 5.41) is 13.5. The Balaban J connectivity index is 4.16. The van der Waals surface area contributed by atoms with Crippen LogP contribution in [0.4, 0.5) is 0 Å². The van der Waals surface area contributed by atoms with Gasteiger partial charge in [-0.25, -0.2) is 0 Å². The average Bonchev–Trinajstić information content (AvgIpc) is 3.01. The SMILES string of the molecule is CCCCCCCCCCCCCCCCCC/C=C/CC/C=C/C(O)C(COP(=O)([O-])OCC[N+](C)(C)C)NC(=O)CCCCC. The van der Waals surface area contributed by atoms with E-state index in [1.807, 2.05) is 27.2 Å². The number of unbranched alkanes of at least 4 members (excludes halogenated alkanes) is 19. The number of aliphatic hydroxyl groups is 1. The van der Waals surface area contributed by atoms with Crippen molar-refractivity contribution in [1.82, 2.24) is 5.32 Å². The van der Waals surface area contributed by atoms with Crippen molar-refractivity contribution in [3.05, 3.63) is 24.3 Å². The van der Waals surface area contributed by atoms with Gasteiger partial charge in [0.2, 0.25) is 5.91 Å². The van der Waals surface area contributed by atoms with Gasteiger partial charge in [-0.05, 0) is 32.1 Å². The van der Waals surface area contributed by atoms with Crippen LogP contribution in [0.5, 0.6) is 0 Å². The largest absolute Gasteiger partial charge is 0.756 e. The number of rotatable bonds is 34. The van der Waals surface area contributed by atoms with Crippen LogP contribution in [-0.2, 0) is 18.4 Å². The van der Waals surface area contributed by atoms with Crippen molar-refractivity contribution in [2.75, 3.05) is 40.9 Å². The number of hydrogen-bond donors (Lipinski definition) is 2. The zero-order valence-corrected chi connectivity index (χ0v) is 32.1. The molecule has 0 bridgehead atoms. The predicted molar refractivity (Wildman–Crippen MR) is 196 cm³/mol. The number of carbonyl (C=O) groups is 1. The van der Waals surface area contributed by atoms with Crippen molar-refractivity contribution in [1.29, 1.82) is 0 Å². The Morgan fingerprint density at radius 1 is 0.723 bits per heavy atom. The number of allylic oxidation sites excluding steroid dienone is 3. The second-order valence-electron chi connectivity index (χ2n) is 14.3. The van der Waals surface area contributed by atoms with Crippen molar-refractivity contribution >= 4 is 13.7 Å². The molecule has 0 saturated heterocycles. The Labute approximate surface area is 290 Å². The Morgan fingerprint density at radius 2 is 1.19 bits per heavy atom. The maximum atomic E-state index is 12.4. The molecule has 8 nitrogen and oxygen atoms in total. The first-order chi connectivity index (χ1) is 22.5. The quantitative estimate of drug-likeness (QED) is 0.0303. The number of phosphoric acid groups is 1. The van der Waals surface area contributed by atoms with E-state index in [0.29, 0.717) is 17.4 Å². The van der Waals surface area contributed by atoms with Crippen molar-refractivity contribution < 1.29 is 32.9 Å². The van der Waals surface area contributed by atoms with Gasteiger partial charge in [0.1, 0.15) is 13.2 Å². The van der Waals surface area contributed by atoms with Gasteiger partial charge < -0.3 is 28.8 Å². The molecule has 0 aromatic carbocycles. The van der Waals surface area contributed by atoms with Gasteiger partial charge in [-0.15, -0.1) is 0 Å². The van der Waals surface area contributed by atoms with Gasteiger partial charge in [0.25, 0.3) is 7.82 Å². The third-order valence-electron chi connectivity index (χ3n) is 8.41. The van der Waals surface area contributed by atoms with E-state index < -0.39 is 26.6 Å². The van der Waals surface area contributed by atoms with E-state index in [1.54, 1.807) is 6.08 Å². The van der Waals surface area contributed by atoms with Crippen LogP contribution in [0.25, 0.3) is 0 Å². The van der Waals surface area contributed by atoms with E-state index >= 15 is 0 Å². The molecule has 3 atom stereocenters. The number of hydrogen-bond acceptors (Lipinski definition) is 6. The minimum Gasteiger partial charge on any atom is -0.756 e. The normalized spacial score (nSPS) is 15.0. The number of aliphatic hydroxyl groups excluding tert-OH is 1. The van der Waals surface area contributed by atoms with Gasteiger partial charge >= 0.3 is 0 Å². The summed E-state index contributed by atoms with van der Waals surface area (Å²) in [6.45, 7) is 4.43. The summed E-state index contributed by atoms with van der Waals surface area (Å²) in [6, 6.07) is -0.893. The number of phosphoric ester groups is 1. The van der Waals surface area contributed by atoms with E-state index in [4.69, 9.17) is 9.05 Å². The molecular formula is C38H75N2O6P. The lowest BCUT2D eigenvalue weighted by atomic mass is 10.0. The highest BCUT2D eigenvalue weighted by molar-refractivity contribution is 7.45. The first kappa shape index (κ1) is 46.0. The van der Waals surface area contributed by atoms with Gasteiger partial charge in [0, 0.05) is 6.42 Å². The van der Waals surface area contributed by atoms with E-state index in [0.717, 1.165) is 38.5 Å². The highest BCUT2D eigenvalue weighted by atomic mass is 31.2. The van der Waals surface area contributed by atoms with Gasteiger partial charge in [-0.1, -0.05) is 147 Å². The molecule has 0 heterocycles. The molecule has 1 amide bonds. The van der Waals surface area contributed by atoms with Crippen LogP contribution in [0.2, 0.25) is 0 Å². The molecule has 0 aromatic heterocycles. The summed E-state index contributed by atoms with van der Waals surface area (Å²) < 4.78 is 22.8. The van der Waals surface area contributed by atoms with Crippen molar-refractivity contribution in [2.24, 2.45) is 0 Å². The Kier molecular flexibility index (Phi) is 30.3. The van der Waals surface area contributed by atoms with Gasteiger partial charge in [0.05, 0.1) is 39.9 Å². The summed E-state index contributed by atoms with van der Waals surface area (Å²) in [6.07, 6.45) is 34.6. The van der Waals surface area contributed by atoms with Crippen LogP contribution in [-0.4, -0.2) is 68.5 Å². The predicted octanol–water partition coefficient (Wildman–Crippen LogP) is 9.16. The second kappa shape index (κ2) is 31.0. The second-order valence-corrected chi connectivity index (χ2v) is 15.7. The number of likely N-dealkylation sites (N-methyl/N-ethyl adjacent to an activating group) is 1. The van der Waals surface area contributed by atoms with Crippen molar-refractivity contribution in [3.63, 3.8) is 0 Å². The molecule has 47 heavy (non-hydrogen) atoms. The number of amides is 1. The van der Waals surface area contributed by atoms with E-state index in [1.165, 1.54) is 103 Å². The first-order valence-corrected chi connectivity index (χ1v) is 20.7. The summed E-state index contributed by atoms with van der Waals surface area (Å²) in [5.41, 5.74) is 0. The molecule has 0 aliphatic carbocycles. The minimum absolute atomic E-state index is 0.00618. The summed E-state index contributed by atoms with van der Waals surface area (Å²) in [4.78, 5) is 24.7. The molecule has 0 spiro atoms. The van der Waals surface area contributed by atoms with Crippen LogP contribution < -0.4 is 10.2 Å². The lowest BCUT2D eigenvalue weighted by Crippen LogP contribution is -2.45. The van der Waals surface area contributed by atoms with Crippen LogP contribution in [0, 0.1) is 0 Å². The Hall–Kier alpha value is -1.02. The fourth-order valence-electron chi connectivity index (χ4n) is 5.28. The standard InChI is InChI=1S/C38H75N2O6P/c1-6-8-10-11-12-13-14-15-16-17-18-19-20-21-22-23-24-25-26-27-28-30-31-37(41)36(39-38(42)32-29-9-7-2)35-46-47(43,44)45-34-33-40(3,4)5/h25-26,30-31,36-37,41H,6-24,27-29,32-35H2,1-5H3,(H-,39,42,43,44)/b26-25+,31-30+. The van der Waals surface area contributed by atoms with E-state index in [9.17, 15) is 19.4 Å². The highest BCUT2D eigenvalue weighted by Crippen LogP contribution is 2.38. The molecule has 9 heteroatoms. The number of carbonyl (C=O) groups excluding carboxylic acids is 1. The third kappa shape index (κ3) is 33.3. The molecule has 2 N–H and O–H groups in total. The fourth-order valence-corrected chi connectivity index (χ4v) is 6.01. The summed E-state index contributed by atoms with van der Waals surface area (Å²) >= 11 is 0. The molecule has 0 radical (unpaired) electrons. The van der Waals surface area contributed by atoms with Crippen LogP contribution >= 0.6 is 7.82 Å². The zero-order valence-electron chi connectivity index (χ0n) is 31.2.